The molecule has 3 nitrogen and oxygen atoms in total. The zero-order chi connectivity index (χ0) is 12.2. The third-order valence-electron chi connectivity index (χ3n) is 5.34. The topological polar surface area (TPSA) is 52.3 Å². The van der Waals surface area contributed by atoms with Gasteiger partial charge < -0.3 is 10.5 Å². The summed E-state index contributed by atoms with van der Waals surface area (Å²) in [6, 6.07) is 0. The molecular weight excluding hydrogens is 213 g/mol. The number of nitrogens with two attached hydrogens (primary N) is 1. The van der Waals surface area contributed by atoms with E-state index in [-0.39, 0.29) is 11.2 Å². The number of carbonyl (C=O) groups is 1. The van der Waals surface area contributed by atoms with Crippen molar-refractivity contribution < 1.29 is 9.53 Å². The average Bonchev–Trinajstić information content (AvgIpc) is 2.86. The molecule has 3 aliphatic rings. The molecular formula is C13H20BNO2. The van der Waals surface area contributed by atoms with Gasteiger partial charge in [-0.15, -0.1) is 0 Å². The van der Waals surface area contributed by atoms with E-state index in [9.17, 15) is 4.79 Å². The number of carbonyl (C=O) groups excluding carboxylic acids is 1. The van der Waals surface area contributed by atoms with Crippen molar-refractivity contribution in [3.63, 3.8) is 0 Å². The van der Waals surface area contributed by atoms with Gasteiger partial charge in [0.2, 0.25) is 0 Å². The monoisotopic (exact) mass is 233 g/mol. The number of ether oxygens (including phenoxy) is 1. The molecule has 2 bridgehead atoms. The summed E-state index contributed by atoms with van der Waals surface area (Å²) in [6.07, 6.45) is 6.34. The molecule has 3 fully saturated rings. The Morgan fingerprint density at radius 3 is 2.82 bits per heavy atom. The van der Waals surface area contributed by atoms with Crippen LogP contribution in [0.3, 0.4) is 0 Å². The molecule has 0 radical (unpaired) electrons. The lowest BCUT2D eigenvalue weighted by molar-refractivity contribution is -0.153. The molecule has 92 valence electrons. The molecule has 0 aliphatic heterocycles. The molecule has 0 heterocycles. The Morgan fingerprint density at radius 1 is 1.41 bits per heavy atom. The van der Waals surface area contributed by atoms with E-state index in [1.54, 1.807) is 0 Å². The van der Waals surface area contributed by atoms with Gasteiger partial charge in [-0.1, -0.05) is 13.0 Å². The van der Waals surface area contributed by atoms with Crippen LogP contribution in [-0.2, 0) is 9.53 Å². The molecule has 5 unspecified atom stereocenters. The lowest BCUT2D eigenvalue weighted by Gasteiger charge is -2.40. The van der Waals surface area contributed by atoms with Crippen LogP contribution in [0.4, 0.5) is 0 Å². The van der Waals surface area contributed by atoms with Crippen LogP contribution in [0.25, 0.3) is 0 Å². The Balaban J connectivity index is 1.77. The van der Waals surface area contributed by atoms with Crippen LogP contribution in [0.5, 0.6) is 0 Å². The summed E-state index contributed by atoms with van der Waals surface area (Å²) in [7, 11) is 2.09. The predicted molar refractivity (Wildman–Crippen MR) is 67.7 cm³/mol. The van der Waals surface area contributed by atoms with Gasteiger partial charge in [-0.25, -0.2) is 4.79 Å². The van der Waals surface area contributed by atoms with Crippen LogP contribution >= 0.6 is 0 Å². The number of hydrogen-bond acceptors (Lipinski definition) is 3. The van der Waals surface area contributed by atoms with Crippen LogP contribution in [0.2, 0.25) is 0 Å². The molecule has 0 saturated heterocycles. The molecule has 0 spiro atoms. The predicted octanol–water partition coefficient (Wildman–Crippen LogP) is 0.787. The van der Waals surface area contributed by atoms with Gasteiger partial charge in [-0.2, -0.15) is 0 Å². The second kappa shape index (κ2) is 3.53. The highest BCUT2D eigenvalue weighted by atomic mass is 16.6. The first-order valence-corrected chi connectivity index (χ1v) is 6.69. The maximum Gasteiger partial charge on any atom is 0.353 e. The van der Waals surface area contributed by atoms with E-state index < -0.39 is 5.97 Å². The highest BCUT2D eigenvalue weighted by Gasteiger charge is 2.60. The minimum absolute atomic E-state index is 0.0250. The van der Waals surface area contributed by atoms with Gasteiger partial charge in [0.15, 0.2) is 7.85 Å². The van der Waals surface area contributed by atoms with Crippen molar-refractivity contribution in [3.8, 4) is 0 Å². The van der Waals surface area contributed by atoms with Gasteiger partial charge in [0.25, 0.3) is 0 Å². The van der Waals surface area contributed by atoms with Crippen molar-refractivity contribution >= 4 is 13.8 Å². The Bertz CT molecular complexity index is 384. The van der Waals surface area contributed by atoms with Crippen molar-refractivity contribution in [2.75, 3.05) is 0 Å². The Hall–Kier alpha value is -0.925. The third kappa shape index (κ3) is 1.53. The first kappa shape index (κ1) is 11.2. The van der Waals surface area contributed by atoms with E-state index in [1.807, 2.05) is 0 Å². The molecule has 0 aromatic rings. The highest BCUT2D eigenvalue weighted by molar-refractivity contribution is 6.16. The molecule has 3 aliphatic carbocycles. The molecule has 0 amide bonds. The van der Waals surface area contributed by atoms with E-state index in [0.717, 1.165) is 24.2 Å². The molecule has 0 aromatic carbocycles. The Morgan fingerprint density at radius 2 is 2.12 bits per heavy atom. The smallest absolute Gasteiger partial charge is 0.353 e. The van der Waals surface area contributed by atoms with E-state index in [4.69, 9.17) is 10.5 Å². The lowest BCUT2D eigenvalue weighted by atomic mass is 9.63. The summed E-state index contributed by atoms with van der Waals surface area (Å²) in [4.78, 5) is 11.6. The standard InChI is InChI=1S/C13H20BNO2/c1-7(15)12(16)17-13(14)6-8-5-11(13)10-4-2-3-9(8)10/h8-11H,1-6,14-15H2. The van der Waals surface area contributed by atoms with Gasteiger partial charge in [-0.3, -0.25) is 0 Å². The summed E-state index contributed by atoms with van der Waals surface area (Å²) in [6.45, 7) is 3.46. The van der Waals surface area contributed by atoms with E-state index in [1.165, 1.54) is 25.7 Å². The van der Waals surface area contributed by atoms with Crippen molar-refractivity contribution in [2.24, 2.45) is 29.4 Å². The molecule has 2 N–H and O–H groups in total. The zero-order valence-corrected chi connectivity index (χ0v) is 10.4. The minimum Gasteiger partial charge on any atom is -0.464 e. The van der Waals surface area contributed by atoms with Crippen LogP contribution in [0, 0.1) is 23.7 Å². The van der Waals surface area contributed by atoms with Crippen molar-refractivity contribution in [1.82, 2.24) is 0 Å². The van der Waals surface area contributed by atoms with Crippen molar-refractivity contribution in [1.29, 1.82) is 0 Å². The van der Waals surface area contributed by atoms with Gasteiger partial charge >= 0.3 is 5.97 Å². The number of rotatable bonds is 2. The van der Waals surface area contributed by atoms with Crippen LogP contribution in [0.1, 0.15) is 32.1 Å². The number of hydrogen-bond donors (Lipinski definition) is 1. The minimum atomic E-state index is -0.422. The van der Waals surface area contributed by atoms with E-state index >= 15 is 0 Å². The van der Waals surface area contributed by atoms with E-state index in [0.29, 0.717) is 5.92 Å². The average molecular weight is 233 g/mol. The van der Waals surface area contributed by atoms with Crippen LogP contribution in [0.15, 0.2) is 12.3 Å². The molecule has 0 aromatic heterocycles. The van der Waals surface area contributed by atoms with E-state index in [2.05, 4.69) is 14.4 Å². The SMILES string of the molecule is BC1(OC(=O)C(=C)N)CC2CC1C1CCCC21. The van der Waals surface area contributed by atoms with Crippen molar-refractivity contribution in [3.05, 3.63) is 12.3 Å². The first-order valence-electron chi connectivity index (χ1n) is 6.69. The lowest BCUT2D eigenvalue weighted by Crippen LogP contribution is -2.46. The van der Waals surface area contributed by atoms with Crippen LogP contribution < -0.4 is 5.73 Å². The second-order valence-electron chi connectivity index (χ2n) is 6.29. The summed E-state index contributed by atoms with van der Waals surface area (Å²) < 4.78 is 5.64. The van der Waals surface area contributed by atoms with Gasteiger partial charge in [0, 0.05) is 0 Å². The quantitative estimate of drug-likeness (QED) is 0.435. The fraction of sp³-hybridized carbons (Fsp3) is 0.769. The number of fused-ring (bicyclic) bond motifs is 5. The van der Waals surface area contributed by atoms with Crippen molar-refractivity contribution in [2.45, 2.75) is 37.6 Å². The summed E-state index contributed by atoms with van der Waals surface area (Å²) in [5.74, 6) is 2.61. The molecule has 17 heavy (non-hydrogen) atoms. The molecule has 4 heteroatoms. The van der Waals surface area contributed by atoms with Gasteiger partial charge in [0.1, 0.15) is 5.70 Å². The highest BCUT2D eigenvalue weighted by Crippen LogP contribution is 2.62. The number of esters is 1. The maximum atomic E-state index is 11.6. The molecule has 5 atom stereocenters. The third-order valence-corrected chi connectivity index (χ3v) is 5.34. The van der Waals surface area contributed by atoms with Gasteiger partial charge in [0.05, 0.1) is 5.50 Å². The normalized spacial score (nSPS) is 46.8. The summed E-state index contributed by atoms with van der Waals surface area (Å²) in [5, 5.41) is 0. The fourth-order valence-electron chi connectivity index (χ4n) is 4.78. The molecule has 3 saturated carbocycles. The molecule has 3 rings (SSSR count). The fourth-order valence-corrected chi connectivity index (χ4v) is 4.78. The van der Waals surface area contributed by atoms with Crippen LogP contribution in [-0.4, -0.2) is 19.3 Å². The Kier molecular flexibility index (Phi) is 2.32. The Labute approximate surface area is 103 Å². The summed E-state index contributed by atoms with van der Waals surface area (Å²) >= 11 is 0. The summed E-state index contributed by atoms with van der Waals surface area (Å²) in [5.41, 5.74) is 5.15. The first-order chi connectivity index (χ1) is 8.01. The zero-order valence-electron chi connectivity index (χ0n) is 10.4. The maximum absolute atomic E-state index is 11.6. The second-order valence-corrected chi connectivity index (χ2v) is 6.29. The van der Waals surface area contributed by atoms with Gasteiger partial charge in [-0.05, 0) is 49.4 Å². The largest absolute Gasteiger partial charge is 0.464 e.